The summed E-state index contributed by atoms with van der Waals surface area (Å²) in [6.07, 6.45) is 0.418. The summed E-state index contributed by atoms with van der Waals surface area (Å²) < 4.78 is 0. The molecular formula is C21H22N2O3. The Bertz CT molecular complexity index is 810. The van der Waals surface area contributed by atoms with Gasteiger partial charge in [0, 0.05) is 12.7 Å². The van der Waals surface area contributed by atoms with E-state index in [0.717, 1.165) is 10.6 Å². The first-order valence-corrected chi connectivity index (χ1v) is 8.71. The standard InChI is InChI=1S/C21H22N2O3/c1-14(2)13-18(21(26)22(3)15-9-5-4-6-10-15)23-19(24)16-11-7-8-12-17(16)20(23)25/h4-12,14,18H,13H2,1-3H3. The predicted octanol–water partition coefficient (Wildman–Crippen LogP) is 3.36. The van der Waals surface area contributed by atoms with Crippen LogP contribution in [-0.2, 0) is 4.79 Å². The smallest absolute Gasteiger partial charge is 0.262 e. The number of imide groups is 1. The van der Waals surface area contributed by atoms with Crippen molar-refractivity contribution in [1.29, 1.82) is 0 Å². The Labute approximate surface area is 153 Å². The molecule has 0 aliphatic carbocycles. The van der Waals surface area contributed by atoms with Crippen LogP contribution in [0.4, 0.5) is 5.69 Å². The van der Waals surface area contributed by atoms with Gasteiger partial charge in [0.1, 0.15) is 6.04 Å². The second kappa shape index (κ2) is 7.12. The second-order valence-electron chi connectivity index (χ2n) is 6.90. The number of benzene rings is 2. The Balaban J connectivity index is 1.96. The monoisotopic (exact) mass is 350 g/mol. The van der Waals surface area contributed by atoms with E-state index in [0.29, 0.717) is 17.5 Å². The Morgan fingerprint density at radius 2 is 1.42 bits per heavy atom. The van der Waals surface area contributed by atoms with Gasteiger partial charge in [-0.3, -0.25) is 19.3 Å². The summed E-state index contributed by atoms with van der Waals surface area (Å²) in [5, 5.41) is 0. The third-order valence-corrected chi connectivity index (χ3v) is 4.59. The minimum absolute atomic E-state index is 0.150. The third-order valence-electron chi connectivity index (χ3n) is 4.59. The molecule has 0 N–H and O–H groups in total. The predicted molar refractivity (Wildman–Crippen MR) is 100 cm³/mol. The number of rotatable bonds is 5. The summed E-state index contributed by atoms with van der Waals surface area (Å²) in [5.41, 5.74) is 1.45. The first kappa shape index (κ1) is 17.9. The number of nitrogens with zero attached hydrogens (tertiary/aromatic N) is 2. The number of carbonyl (C=O) groups excluding carboxylic acids is 3. The maximum atomic E-state index is 13.2. The second-order valence-corrected chi connectivity index (χ2v) is 6.90. The Morgan fingerprint density at radius 1 is 0.923 bits per heavy atom. The van der Waals surface area contributed by atoms with Crippen LogP contribution in [0.2, 0.25) is 0 Å². The molecule has 1 aliphatic rings. The van der Waals surface area contributed by atoms with Crippen LogP contribution in [0.1, 0.15) is 41.0 Å². The molecule has 3 amide bonds. The molecule has 0 bridgehead atoms. The van der Waals surface area contributed by atoms with E-state index in [1.165, 1.54) is 4.90 Å². The minimum atomic E-state index is -0.826. The van der Waals surface area contributed by atoms with Gasteiger partial charge in [0.2, 0.25) is 5.91 Å². The SMILES string of the molecule is CC(C)CC(C(=O)N(C)c1ccccc1)N1C(=O)c2ccccc2C1=O. The van der Waals surface area contributed by atoms with Crippen LogP contribution in [0, 0.1) is 5.92 Å². The van der Waals surface area contributed by atoms with Gasteiger partial charge in [-0.1, -0.05) is 44.2 Å². The number of carbonyl (C=O) groups is 3. The first-order valence-electron chi connectivity index (χ1n) is 8.71. The highest BCUT2D eigenvalue weighted by molar-refractivity contribution is 6.23. The number of fused-ring (bicyclic) bond motifs is 1. The van der Waals surface area contributed by atoms with Gasteiger partial charge < -0.3 is 4.90 Å². The molecule has 1 atom stereocenters. The van der Waals surface area contributed by atoms with Crippen LogP contribution >= 0.6 is 0 Å². The van der Waals surface area contributed by atoms with Crippen LogP contribution in [0.15, 0.2) is 54.6 Å². The molecule has 5 nitrogen and oxygen atoms in total. The van der Waals surface area contributed by atoms with Gasteiger partial charge in [-0.05, 0) is 36.6 Å². The zero-order valence-corrected chi connectivity index (χ0v) is 15.2. The molecule has 0 radical (unpaired) electrons. The van der Waals surface area contributed by atoms with Gasteiger partial charge in [-0.15, -0.1) is 0 Å². The molecule has 1 heterocycles. The van der Waals surface area contributed by atoms with Crippen molar-refractivity contribution >= 4 is 23.4 Å². The highest BCUT2D eigenvalue weighted by atomic mass is 16.2. The van der Waals surface area contributed by atoms with Crippen LogP contribution in [0.25, 0.3) is 0 Å². The van der Waals surface area contributed by atoms with Crippen molar-refractivity contribution in [3.8, 4) is 0 Å². The summed E-state index contributed by atoms with van der Waals surface area (Å²) in [5.74, 6) is -0.908. The summed E-state index contributed by atoms with van der Waals surface area (Å²) in [4.78, 5) is 41.5. The zero-order chi connectivity index (χ0) is 18.8. The lowest BCUT2D eigenvalue weighted by atomic mass is 10.0. The van der Waals surface area contributed by atoms with E-state index in [-0.39, 0.29) is 11.8 Å². The summed E-state index contributed by atoms with van der Waals surface area (Å²) in [6, 6.07) is 15.1. The summed E-state index contributed by atoms with van der Waals surface area (Å²) in [6.45, 7) is 3.95. The van der Waals surface area contributed by atoms with Gasteiger partial charge in [0.25, 0.3) is 11.8 Å². The lowest BCUT2D eigenvalue weighted by molar-refractivity contribution is -0.122. The van der Waals surface area contributed by atoms with E-state index in [2.05, 4.69) is 0 Å². The molecule has 0 spiro atoms. The number of hydrogen-bond acceptors (Lipinski definition) is 3. The van der Waals surface area contributed by atoms with E-state index < -0.39 is 17.9 Å². The molecule has 0 fully saturated rings. The summed E-state index contributed by atoms with van der Waals surface area (Å²) >= 11 is 0. The number of hydrogen-bond donors (Lipinski definition) is 0. The van der Waals surface area contributed by atoms with E-state index in [1.807, 2.05) is 44.2 Å². The number of para-hydroxylation sites is 1. The Kier molecular flexibility index (Phi) is 4.89. The van der Waals surface area contributed by atoms with Gasteiger partial charge in [-0.2, -0.15) is 0 Å². The molecule has 26 heavy (non-hydrogen) atoms. The molecule has 0 saturated carbocycles. The van der Waals surface area contributed by atoms with Crippen LogP contribution in [0.5, 0.6) is 0 Å². The van der Waals surface area contributed by atoms with Gasteiger partial charge >= 0.3 is 0 Å². The highest BCUT2D eigenvalue weighted by Crippen LogP contribution is 2.28. The maximum absolute atomic E-state index is 13.2. The largest absolute Gasteiger partial charge is 0.314 e. The fourth-order valence-corrected chi connectivity index (χ4v) is 3.26. The van der Waals surface area contributed by atoms with Crippen molar-refractivity contribution in [3.05, 3.63) is 65.7 Å². The van der Waals surface area contributed by atoms with Crippen molar-refractivity contribution in [2.75, 3.05) is 11.9 Å². The van der Waals surface area contributed by atoms with Gasteiger partial charge in [-0.25, -0.2) is 0 Å². The normalized spacial score (nSPS) is 14.5. The molecule has 134 valence electrons. The zero-order valence-electron chi connectivity index (χ0n) is 15.2. The molecule has 1 unspecified atom stereocenters. The van der Waals surface area contributed by atoms with Crippen molar-refractivity contribution in [2.45, 2.75) is 26.3 Å². The van der Waals surface area contributed by atoms with Gasteiger partial charge in [0.05, 0.1) is 11.1 Å². The summed E-state index contributed by atoms with van der Waals surface area (Å²) in [7, 11) is 1.67. The van der Waals surface area contributed by atoms with Crippen LogP contribution in [-0.4, -0.2) is 35.7 Å². The van der Waals surface area contributed by atoms with Crippen molar-refractivity contribution in [3.63, 3.8) is 0 Å². The molecule has 0 aromatic heterocycles. The molecule has 5 heteroatoms. The Hall–Kier alpha value is -2.95. The molecule has 1 aliphatic heterocycles. The van der Waals surface area contributed by atoms with Crippen molar-refractivity contribution < 1.29 is 14.4 Å². The molecule has 0 saturated heterocycles. The fourth-order valence-electron chi connectivity index (χ4n) is 3.26. The number of anilines is 1. The van der Waals surface area contributed by atoms with Crippen molar-refractivity contribution in [1.82, 2.24) is 4.90 Å². The number of likely N-dealkylation sites (N-methyl/N-ethyl adjacent to an activating group) is 1. The molecule has 2 aromatic rings. The van der Waals surface area contributed by atoms with Crippen LogP contribution in [0.3, 0.4) is 0 Å². The topological polar surface area (TPSA) is 57.7 Å². The molecular weight excluding hydrogens is 328 g/mol. The Morgan fingerprint density at radius 3 is 1.92 bits per heavy atom. The molecule has 2 aromatic carbocycles. The quantitative estimate of drug-likeness (QED) is 0.777. The first-order chi connectivity index (χ1) is 12.4. The van der Waals surface area contributed by atoms with E-state index in [9.17, 15) is 14.4 Å². The minimum Gasteiger partial charge on any atom is -0.314 e. The fraction of sp³-hybridized carbons (Fsp3) is 0.286. The lowest BCUT2D eigenvalue weighted by Crippen LogP contribution is -2.50. The van der Waals surface area contributed by atoms with E-state index >= 15 is 0 Å². The molecule has 3 rings (SSSR count). The van der Waals surface area contributed by atoms with E-state index in [4.69, 9.17) is 0 Å². The average molecular weight is 350 g/mol. The third kappa shape index (κ3) is 3.12. The lowest BCUT2D eigenvalue weighted by Gasteiger charge is -2.30. The highest BCUT2D eigenvalue weighted by Gasteiger charge is 2.43. The average Bonchev–Trinajstić information content (AvgIpc) is 2.90. The number of amides is 3. The maximum Gasteiger partial charge on any atom is 0.262 e. The van der Waals surface area contributed by atoms with E-state index in [1.54, 1.807) is 31.3 Å². The van der Waals surface area contributed by atoms with Gasteiger partial charge in [0.15, 0.2) is 0 Å². The van der Waals surface area contributed by atoms with Crippen molar-refractivity contribution in [2.24, 2.45) is 5.92 Å². The van der Waals surface area contributed by atoms with Crippen LogP contribution < -0.4 is 4.90 Å².